The summed E-state index contributed by atoms with van der Waals surface area (Å²) >= 11 is 0. The Morgan fingerprint density at radius 1 is 1.26 bits per heavy atom. The molecule has 1 aliphatic carbocycles. The van der Waals surface area contributed by atoms with Crippen LogP contribution in [-0.2, 0) is 11.3 Å². The predicted molar refractivity (Wildman–Crippen MR) is 85.0 cm³/mol. The third-order valence-electron chi connectivity index (χ3n) is 5.45. The molecule has 1 saturated carbocycles. The lowest BCUT2D eigenvalue weighted by molar-refractivity contribution is -0.386. The van der Waals surface area contributed by atoms with Gasteiger partial charge in [0.15, 0.2) is 0 Å². The van der Waals surface area contributed by atoms with E-state index in [9.17, 15) is 14.9 Å². The van der Waals surface area contributed by atoms with Crippen molar-refractivity contribution in [1.29, 1.82) is 0 Å². The zero-order chi connectivity index (χ0) is 16.6. The number of piperidine rings is 1. The molecule has 0 radical (unpaired) electrons. The van der Waals surface area contributed by atoms with Crippen molar-refractivity contribution in [3.8, 4) is 0 Å². The first-order chi connectivity index (χ1) is 11.0. The first-order valence-electron chi connectivity index (χ1n) is 8.43. The number of hydrogen-bond acceptors (Lipinski definition) is 4. The number of nitro groups is 1. The molecule has 23 heavy (non-hydrogen) atoms. The van der Waals surface area contributed by atoms with Crippen LogP contribution in [0.3, 0.4) is 0 Å². The third-order valence-corrected chi connectivity index (χ3v) is 5.45. The van der Waals surface area contributed by atoms with Crippen LogP contribution in [0.15, 0.2) is 0 Å². The van der Waals surface area contributed by atoms with E-state index in [-0.39, 0.29) is 18.1 Å². The molecule has 0 N–H and O–H groups in total. The third kappa shape index (κ3) is 3.09. The lowest BCUT2D eigenvalue weighted by Gasteiger charge is -2.41. The molecule has 1 aromatic heterocycles. The topological polar surface area (TPSA) is 81.3 Å². The van der Waals surface area contributed by atoms with E-state index in [1.54, 1.807) is 13.8 Å². The fourth-order valence-electron chi connectivity index (χ4n) is 4.16. The number of fused-ring (bicyclic) bond motifs is 1. The summed E-state index contributed by atoms with van der Waals surface area (Å²) in [6.07, 6.45) is 6.21. The number of nitrogens with zero attached hydrogens (tertiary/aromatic N) is 4. The van der Waals surface area contributed by atoms with Crippen LogP contribution >= 0.6 is 0 Å². The second-order valence-electron chi connectivity index (χ2n) is 6.87. The standard InChI is InChI=1S/C16H24N4O3/c1-11-16(20(22)23)12(2)19(17-11)10-15(21)18-8-7-13-5-3-4-6-14(13)9-18/h13-14H,3-10H2,1-2H3/t13-,14+/m0/s1. The largest absolute Gasteiger partial charge is 0.341 e. The maximum atomic E-state index is 12.6. The lowest BCUT2D eigenvalue weighted by atomic mass is 9.75. The number of rotatable bonds is 3. The summed E-state index contributed by atoms with van der Waals surface area (Å²) in [6, 6.07) is 0. The number of carbonyl (C=O) groups is 1. The normalized spacial score (nSPS) is 24.3. The minimum absolute atomic E-state index is 0.0174. The van der Waals surface area contributed by atoms with Crippen molar-refractivity contribution in [2.75, 3.05) is 13.1 Å². The monoisotopic (exact) mass is 320 g/mol. The molecule has 0 unspecified atom stereocenters. The second-order valence-corrected chi connectivity index (χ2v) is 6.87. The van der Waals surface area contributed by atoms with Gasteiger partial charge in [0.25, 0.3) is 0 Å². The summed E-state index contributed by atoms with van der Waals surface area (Å²) in [7, 11) is 0. The molecule has 1 aliphatic heterocycles. The Labute approximate surface area is 135 Å². The van der Waals surface area contributed by atoms with Crippen LogP contribution in [0.4, 0.5) is 5.69 Å². The first kappa shape index (κ1) is 16.0. The molecule has 7 heteroatoms. The Balaban J connectivity index is 1.68. The van der Waals surface area contributed by atoms with E-state index >= 15 is 0 Å². The number of likely N-dealkylation sites (tertiary alicyclic amines) is 1. The molecule has 2 aliphatic rings. The first-order valence-corrected chi connectivity index (χ1v) is 8.43. The lowest BCUT2D eigenvalue weighted by Crippen LogP contribution is -2.46. The number of amides is 1. The molecule has 2 heterocycles. The summed E-state index contributed by atoms with van der Waals surface area (Å²) in [5.41, 5.74) is 0.837. The van der Waals surface area contributed by atoms with Crippen LogP contribution < -0.4 is 0 Å². The summed E-state index contributed by atoms with van der Waals surface area (Å²) in [5.74, 6) is 1.44. The van der Waals surface area contributed by atoms with E-state index in [1.165, 1.54) is 30.4 Å². The van der Waals surface area contributed by atoms with Crippen molar-refractivity contribution >= 4 is 11.6 Å². The quantitative estimate of drug-likeness (QED) is 0.633. The molecule has 126 valence electrons. The van der Waals surface area contributed by atoms with Gasteiger partial charge in [0.05, 0.1) is 4.92 Å². The Bertz CT molecular complexity index is 625. The Morgan fingerprint density at radius 2 is 1.96 bits per heavy atom. The average Bonchev–Trinajstić information content (AvgIpc) is 2.80. The Hall–Kier alpha value is -1.92. The number of hydrogen-bond donors (Lipinski definition) is 0. The molecular formula is C16H24N4O3. The maximum absolute atomic E-state index is 12.6. The minimum Gasteiger partial charge on any atom is -0.341 e. The van der Waals surface area contributed by atoms with Gasteiger partial charge in [0.1, 0.15) is 17.9 Å². The molecule has 3 rings (SSSR count). The van der Waals surface area contributed by atoms with Gasteiger partial charge in [0, 0.05) is 13.1 Å². The maximum Gasteiger partial charge on any atom is 0.312 e. The smallest absolute Gasteiger partial charge is 0.312 e. The van der Waals surface area contributed by atoms with Gasteiger partial charge in [-0.05, 0) is 38.5 Å². The highest BCUT2D eigenvalue weighted by molar-refractivity contribution is 5.76. The fraction of sp³-hybridized carbons (Fsp3) is 0.750. The summed E-state index contributed by atoms with van der Waals surface area (Å²) in [5, 5.41) is 15.2. The number of aromatic nitrogens is 2. The van der Waals surface area contributed by atoms with Crippen molar-refractivity contribution in [1.82, 2.24) is 14.7 Å². The van der Waals surface area contributed by atoms with E-state index in [0.717, 1.165) is 25.4 Å². The minimum atomic E-state index is -0.424. The summed E-state index contributed by atoms with van der Waals surface area (Å²) in [6.45, 7) is 5.00. The van der Waals surface area contributed by atoms with E-state index in [4.69, 9.17) is 0 Å². The van der Waals surface area contributed by atoms with Crippen LogP contribution in [-0.4, -0.2) is 38.6 Å². The molecule has 0 spiro atoms. The van der Waals surface area contributed by atoms with Crippen molar-refractivity contribution < 1.29 is 9.72 Å². The van der Waals surface area contributed by atoms with Gasteiger partial charge in [-0.25, -0.2) is 0 Å². The molecule has 1 saturated heterocycles. The van der Waals surface area contributed by atoms with Gasteiger partial charge in [0.2, 0.25) is 5.91 Å². The van der Waals surface area contributed by atoms with Crippen LogP contribution in [0.5, 0.6) is 0 Å². The number of aryl methyl sites for hydroxylation is 1. The van der Waals surface area contributed by atoms with Crippen molar-refractivity contribution in [2.45, 2.75) is 52.5 Å². The van der Waals surface area contributed by atoms with Crippen molar-refractivity contribution in [3.63, 3.8) is 0 Å². The van der Waals surface area contributed by atoms with Crippen molar-refractivity contribution in [3.05, 3.63) is 21.5 Å². The van der Waals surface area contributed by atoms with Gasteiger partial charge >= 0.3 is 5.69 Å². The van der Waals surface area contributed by atoms with Gasteiger partial charge in [-0.1, -0.05) is 19.3 Å². The van der Waals surface area contributed by atoms with Gasteiger partial charge in [-0.2, -0.15) is 5.10 Å². The molecule has 7 nitrogen and oxygen atoms in total. The van der Waals surface area contributed by atoms with Crippen LogP contribution in [0.25, 0.3) is 0 Å². The highest BCUT2D eigenvalue weighted by Gasteiger charge is 2.33. The molecule has 2 fully saturated rings. The zero-order valence-electron chi connectivity index (χ0n) is 13.8. The molecule has 0 aromatic carbocycles. The molecule has 2 atom stereocenters. The van der Waals surface area contributed by atoms with Crippen LogP contribution in [0, 0.1) is 35.8 Å². The fourth-order valence-corrected chi connectivity index (χ4v) is 4.16. The van der Waals surface area contributed by atoms with Crippen LogP contribution in [0.2, 0.25) is 0 Å². The molecular weight excluding hydrogens is 296 g/mol. The average molecular weight is 320 g/mol. The Kier molecular flexibility index (Phi) is 4.37. The highest BCUT2D eigenvalue weighted by Crippen LogP contribution is 2.36. The summed E-state index contributed by atoms with van der Waals surface area (Å²) in [4.78, 5) is 25.1. The van der Waals surface area contributed by atoms with Gasteiger partial charge in [-0.3, -0.25) is 19.6 Å². The van der Waals surface area contributed by atoms with E-state index in [1.807, 2.05) is 4.90 Å². The predicted octanol–water partition coefficient (Wildman–Crippen LogP) is 2.45. The molecule has 1 amide bonds. The van der Waals surface area contributed by atoms with Gasteiger partial charge < -0.3 is 4.90 Å². The SMILES string of the molecule is Cc1nn(CC(=O)N2CC[C@@H]3CCCC[C@@H]3C2)c(C)c1[N+](=O)[O-]. The number of carbonyl (C=O) groups excluding carboxylic acids is 1. The van der Waals surface area contributed by atoms with E-state index in [0.29, 0.717) is 17.3 Å². The summed E-state index contributed by atoms with van der Waals surface area (Å²) < 4.78 is 1.47. The molecule has 1 aromatic rings. The second kappa shape index (κ2) is 6.29. The van der Waals surface area contributed by atoms with E-state index < -0.39 is 4.92 Å². The van der Waals surface area contributed by atoms with Gasteiger partial charge in [-0.15, -0.1) is 0 Å². The highest BCUT2D eigenvalue weighted by atomic mass is 16.6. The molecule has 0 bridgehead atoms. The zero-order valence-corrected chi connectivity index (χ0v) is 13.8. The van der Waals surface area contributed by atoms with Crippen molar-refractivity contribution in [2.24, 2.45) is 11.8 Å². The Morgan fingerprint density at radius 3 is 2.61 bits per heavy atom. The van der Waals surface area contributed by atoms with Crippen LogP contribution in [0.1, 0.15) is 43.5 Å². The van der Waals surface area contributed by atoms with E-state index in [2.05, 4.69) is 5.10 Å².